The van der Waals surface area contributed by atoms with E-state index in [0.29, 0.717) is 5.95 Å². The molecule has 0 aromatic heterocycles. The Morgan fingerprint density at radius 3 is 2.22 bits per heavy atom. The number of hydrogen-bond acceptors (Lipinski definition) is 3. The van der Waals surface area contributed by atoms with Crippen LogP contribution in [0.4, 0.5) is 0 Å². The molecule has 1 rings (SSSR count). The van der Waals surface area contributed by atoms with Gasteiger partial charge in [-0.25, -0.2) is 9.78 Å². The monoisotopic (exact) mass is 320 g/mol. The Labute approximate surface area is 141 Å². The van der Waals surface area contributed by atoms with Crippen molar-refractivity contribution in [2.45, 2.75) is 77.2 Å². The minimum atomic E-state index is -0.0756. The van der Waals surface area contributed by atoms with Crippen molar-refractivity contribution < 1.29 is 14.9 Å². The second-order valence-electron chi connectivity index (χ2n) is 5.99. The Bertz CT molecular complexity index is 388. The van der Waals surface area contributed by atoms with Gasteiger partial charge in [-0.05, 0) is 25.7 Å². The Kier molecular flexibility index (Phi) is 12.0. The van der Waals surface area contributed by atoms with Crippen molar-refractivity contribution in [2.75, 3.05) is 0 Å². The lowest BCUT2D eigenvalue weighted by molar-refractivity contribution is 0.0850. The van der Waals surface area contributed by atoms with Gasteiger partial charge in [0.2, 0.25) is 0 Å². The normalized spacial score (nSPS) is 15.3. The zero-order chi connectivity index (χ0) is 16.6. The van der Waals surface area contributed by atoms with E-state index in [1.807, 2.05) is 24.3 Å². The summed E-state index contributed by atoms with van der Waals surface area (Å²) in [6, 6.07) is 0. The predicted molar refractivity (Wildman–Crippen MR) is 95.5 cm³/mol. The van der Waals surface area contributed by atoms with Crippen LogP contribution in [0.1, 0.15) is 71.1 Å². The summed E-state index contributed by atoms with van der Waals surface area (Å²) in [5.41, 5.74) is 0. The Hall–Kier alpha value is -1.48. The Balaban J connectivity index is 1.84. The molecule has 1 N–H and O–H groups in total. The molecule has 1 fully saturated rings. The molecule has 0 aromatic carbocycles. The number of unbranched alkanes of at least 4 members (excludes halogenated alkanes) is 6. The van der Waals surface area contributed by atoms with E-state index in [-0.39, 0.29) is 6.10 Å². The number of allylic oxidation sites excluding steroid dienone is 7. The van der Waals surface area contributed by atoms with Crippen LogP contribution < -0.4 is 0 Å². The molecule has 0 aliphatic carbocycles. The first-order valence-corrected chi connectivity index (χ1v) is 9.05. The van der Waals surface area contributed by atoms with Crippen molar-refractivity contribution in [2.24, 2.45) is 0 Å². The third-order valence-electron chi connectivity index (χ3n) is 3.79. The topological polar surface area (TPSA) is 45.3 Å². The lowest BCUT2D eigenvalue weighted by Crippen LogP contribution is -2.05. The standard InChI is InChI=1S/C20H32O3/c1-2-3-13-16-19(21)17-14-11-9-7-5-4-6-8-10-12-15-18-20-22-23-20/h4,6,8,10,12,15,18-19,21H,2-3,5,7,9,11,13-14,16-17H2,1H3/b6-4+,10-8+,15-12+. The summed E-state index contributed by atoms with van der Waals surface area (Å²) < 4.78 is 0. The van der Waals surface area contributed by atoms with Crippen molar-refractivity contribution >= 4 is 0 Å². The fourth-order valence-corrected chi connectivity index (χ4v) is 2.35. The maximum Gasteiger partial charge on any atom is 0.379 e. The molecule has 3 nitrogen and oxygen atoms in total. The van der Waals surface area contributed by atoms with Crippen LogP contribution in [0.3, 0.4) is 0 Å². The van der Waals surface area contributed by atoms with E-state index in [9.17, 15) is 5.11 Å². The van der Waals surface area contributed by atoms with Crippen molar-refractivity contribution in [3.8, 4) is 0 Å². The van der Waals surface area contributed by atoms with E-state index in [0.717, 1.165) is 25.7 Å². The maximum atomic E-state index is 9.83. The summed E-state index contributed by atoms with van der Waals surface area (Å²) in [6.45, 7) is 2.20. The molecule has 1 aliphatic rings. The third-order valence-corrected chi connectivity index (χ3v) is 3.79. The van der Waals surface area contributed by atoms with Crippen LogP contribution in [0.15, 0.2) is 48.5 Å². The molecule has 0 bridgehead atoms. The van der Waals surface area contributed by atoms with Gasteiger partial charge in [0.1, 0.15) is 0 Å². The van der Waals surface area contributed by atoms with E-state index >= 15 is 0 Å². The first-order valence-electron chi connectivity index (χ1n) is 9.05. The van der Waals surface area contributed by atoms with Gasteiger partial charge >= 0.3 is 5.95 Å². The molecular formula is C20H32O3. The summed E-state index contributed by atoms with van der Waals surface area (Å²) >= 11 is 0. The molecule has 0 saturated carbocycles. The molecule has 1 unspecified atom stereocenters. The van der Waals surface area contributed by atoms with Crippen molar-refractivity contribution in [3.63, 3.8) is 0 Å². The molecule has 1 saturated heterocycles. The van der Waals surface area contributed by atoms with Crippen LogP contribution in [0.5, 0.6) is 0 Å². The fraction of sp³-hybridized carbons (Fsp3) is 0.600. The van der Waals surface area contributed by atoms with Gasteiger partial charge in [-0.2, -0.15) is 0 Å². The molecule has 1 heterocycles. The Morgan fingerprint density at radius 2 is 1.48 bits per heavy atom. The SMILES string of the molecule is CCCCCC(O)CCCCCC/C=C/C=C/C=C/C=C1OO1. The summed E-state index contributed by atoms with van der Waals surface area (Å²) in [5, 5.41) is 9.83. The molecule has 0 aromatic rings. The van der Waals surface area contributed by atoms with Crippen LogP contribution in [0.2, 0.25) is 0 Å². The summed E-state index contributed by atoms with van der Waals surface area (Å²) in [4.78, 5) is 9.00. The van der Waals surface area contributed by atoms with Gasteiger partial charge in [-0.15, -0.1) is 0 Å². The molecular weight excluding hydrogens is 288 g/mol. The molecule has 0 radical (unpaired) electrons. The average molecular weight is 320 g/mol. The van der Waals surface area contributed by atoms with Crippen molar-refractivity contribution in [1.82, 2.24) is 0 Å². The lowest BCUT2D eigenvalue weighted by atomic mass is 10.0. The number of rotatable bonds is 14. The zero-order valence-corrected chi connectivity index (χ0v) is 14.5. The number of hydrogen-bond donors (Lipinski definition) is 1. The smallest absolute Gasteiger partial charge is 0.379 e. The largest absolute Gasteiger partial charge is 0.393 e. The van der Waals surface area contributed by atoms with E-state index in [2.05, 4.69) is 28.9 Å². The maximum absolute atomic E-state index is 9.83. The molecule has 1 aliphatic heterocycles. The zero-order valence-electron chi connectivity index (χ0n) is 14.5. The minimum absolute atomic E-state index is 0.0756. The van der Waals surface area contributed by atoms with E-state index < -0.39 is 0 Å². The first kappa shape index (κ1) is 19.6. The number of aliphatic hydroxyl groups excluding tert-OH is 1. The summed E-state index contributed by atoms with van der Waals surface area (Å²) in [6.07, 6.45) is 25.4. The van der Waals surface area contributed by atoms with Crippen LogP contribution in [0, 0.1) is 0 Å². The Morgan fingerprint density at radius 1 is 0.826 bits per heavy atom. The van der Waals surface area contributed by atoms with Gasteiger partial charge in [-0.3, -0.25) is 0 Å². The molecule has 0 amide bonds. The fourth-order valence-electron chi connectivity index (χ4n) is 2.35. The van der Waals surface area contributed by atoms with Gasteiger partial charge in [0.25, 0.3) is 0 Å². The second-order valence-corrected chi connectivity index (χ2v) is 5.99. The van der Waals surface area contributed by atoms with Crippen LogP contribution in [-0.2, 0) is 9.78 Å². The quantitative estimate of drug-likeness (QED) is 0.192. The highest BCUT2D eigenvalue weighted by molar-refractivity contribution is 5.16. The van der Waals surface area contributed by atoms with E-state index in [4.69, 9.17) is 0 Å². The van der Waals surface area contributed by atoms with Crippen molar-refractivity contribution in [1.29, 1.82) is 0 Å². The van der Waals surface area contributed by atoms with Gasteiger partial charge in [0, 0.05) is 6.08 Å². The molecule has 23 heavy (non-hydrogen) atoms. The second kappa shape index (κ2) is 14.1. The predicted octanol–water partition coefficient (Wildman–Crippen LogP) is 5.74. The highest BCUT2D eigenvalue weighted by Gasteiger charge is 2.14. The highest BCUT2D eigenvalue weighted by Crippen LogP contribution is 2.16. The van der Waals surface area contributed by atoms with E-state index in [1.165, 1.54) is 38.5 Å². The third kappa shape index (κ3) is 13.9. The van der Waals surface area contributed by atoms with Gasteiger partial charge < -0.3 is 5.11 Å². The molecule has 0 spiro atoms. The molecule has 130 valence electrons. The number of aliphatic hydroxyl groups is 1. The minimum Gasteiger partial charge on any atom is -0.393 e. The lowest BCUT2D eigenvalue weighted by Gasteiger charge is -2.09. The molecule has 1 atom stereocenters. The van der Waals surface area contributed by atoms with E-state index in [1.54, 1.807) is 6.08 Å². The summed E-state index contributed by atoms with van der Waals surface area (Å²) in [7, 11) is 0. The average Bonchev–Trinajstić information content (AvgIpc) is 3.36. The highest BCUT2D eigenvalue weighted by atomic mass is 17.4. The van der Waals surface area contributed by atoms with Gasteiger partial charge in [0.15, 0.2) is 0 Å². The van der Waals surface area contributed by atoms with Crippen LogP contribution in [0.25, 0.3) is 0 Å². The van der Waals surface area contributed by atoms with Crippen LogP contribution >= 0.6 is 0 Å². The summed E-state index contributed by atoms with van der Waals surface area (Å²) in [5.74, 6) is 0.568. The van der Waals surface area contributed by atoms with Gasteiger partial charge in [0.05, 0.1) is 6.10 Å². The van der Waals surface area contributed by atoms with Crippen LogP contribution in [-0.4, -0.2) is 11.2 Å². The van der Waals surface area contributed by atoms with Crippen molar-refractivity contribution in [3.05, 3.63) is 48.5 Å². The molecule has 3 heteroatoms. The van der Waals surface area contributed by atoms with Gasteiger partial charge in [-0.1, -0.05) is 81.9 Å². The first-order chi connectivity index (χ1) is 11.3.